The molecule has 42 heavy (non-hydrogen) atoms. The summed E-state index contributed by atoms with van der Waals surface area (Å²) in [5.74, 6) is -1.56. The predicted molar refractivity (Wildman–Crippen MR) is 148 cm³/mol. The fourth-order valence-corrected chi connectivity index (χ4v) is 5.85. The molecule has 1 spiro atoms. The molecule has 0 saturated carbocycles. The van der Waals surface area contributed by atoms with Gasteiger partial charge < -0.3 is 19.6 Å². The number of carbonyl (C=O) groups is 3. The molecule has 2 aromatic carbocycles. The molecular formula is C30H31F3N4O5. The summed E-state index contributed by atoms with van der Waals surface area (Å²) in [7, 11) is 0. The van der Waals surface area contributed by atoms with Crippen LogP contribution in [0.4, 0.5) is 23.7 Å². The molecule has 1 N–H and O–H groups in total. The minimum absolute atomic E-state index is 0.0282. The smallest absolute Gasteiger partial charge is 0.481 e. The van der Waals surface area contributed by atoms with E-state index < -0.39 is 23.9 Å². The third-order valence-electron chi connectivity index (χ3n) is 7.92. The molecule has 3 aliphatic rings. The third kappa shape index (κ3) is 6.42. The normalized spacial score (nSPS) is 19.8. The van der Waals surface area contributed by atoms with E-state index in [-0.39, 0.29) is 37.2 Å². The van der Waals surface area contributed by atoms with E-state index in [0.29, 0.717) is 49.9 Å². The molecule has 3 heterocycles. The predicted octanol–water partition coefficient (Wildman–Crippen LogP) is 4.81. The Morgan fingerprint density at radius 1 is 1.07 bits per heavy atom. The van der Waals surface area contributed by atoms with Crippen molar-refractivity contribution in [2.75, 3.05) is 24.5 Å². The van der Waals surface area contributed by atoms with Gasteiger partial charge in [-0.15, -0.1) is 13.2 Å². The zero-order valence-electron chi connectivity index (χ0n) is 22.8. The van der Waals surface area contributed by atoms with Crippen molar-refractivity contribution < 1.29 is 37.4 Å². The second-order valence-electron chi connectivity index (χ2n) is 10.7. The second kappa shape index (κ2) is 11.9. The van der Waals surface area contributed by atoms with Gasteiger partial charge in [0.2, 0.25) is 0 Å². The molecule has 0 bridgehead atoms. The van der Waals surface area contributed by atoms with Crippen molar-refractivity contribution in [2.24, 2.45) is 4.99 Å². The number of rotatable bonds is 10. The molecule has 3 amide bonds. The van der Waals surface area contributed by atoms with Gasteiger partial charge in [-0.1, -0.05) is 30.3 Å². The maximum atomic E-state index is 13.9. The molecule has 0 aliphatic carbocycles. The maximum Gasteiger partial charge on any atom is 0.573 e. The van der Waals surface area contributed by atoms with Gasteiger partial charge in [0.25, 0.3) is 5.91 Å². The van der Waals surface area contributed by atoms with Crippen LogP contribution in [-0.2, 0) is 22.6 Å². The van der Waals surface area contributed by atoms with Gasteiger partial charge in [-0.3, -0.25) is 19.5 Å². The van der Waals surface area contributed by atoms with Crippen LogP contribution in [0.2, 0.25) is 0 Å². The fraction of sp³-hybridized carbons (Fsp3) is 0.400. The number of aliphatic carboxylic acids is 1. The van der Waals surface area contributed by atoms with Crippen LogP contribution in [0.15, 0.2) is 65.7 Å². The number of carboxylic acids is 1. The number of allylic oxidation sites excluding steroid dienone is 1. The molecule has 1 atom stereocenters. The average Bonchev–Trinajstić information content (AvgIpc) is 3.52. The number of halogens is 3. The molecule has 0 aromatic heterocycles. The van der Waals surface area contributed by atoms with E-state index >= 15 is 0 Å². The number of benzene rings is 2. The SMILES string of the molecule is O=C(O)Cc1cccc(N2CCC3(CC2)C(=O)N(CCCC2C=CC=N2)C(=O)N3Cc2ccc(OC(F)(F)F)cc2)c1. The molecule has 5 rings (SSSR count). The lowest BCUT2D eigenvalue weighted by atomic mass is 9.85. The van der Waals surface area contributed by atoms with Crippen molar-refractivity contribution in [3.05, 3.63) is 71.8 Å². The van der Waals surface area contributed by atoms with E-state index in [0.717, 1.165) is 5.69 Å². The zero-order valence-corrected chi connectivity index (χ0v) is 22.8. The fourth-order valence-electron chi connectivity index (χ4n) is 5.85. The largest absolute Gasteiger partial charge is 0.573 e. The van der Waals surface area contributed by atoms with Crippen molar-refractivity contribution in [1.29, 1.82) is 0 Å². The molecule has 3 aliphatic heterocycles. The van der Waals surface area contributed by atoms with Crippen LogP contribution in [0.25, 0.3) is 0 Å². The van der Waals surface area contributed by atoms with E-state index in [2.05, 4.69) is 14.6 Å². The number of ether oxygens (including phenoxy) is 1. The number of nitrogens with zero attached hydrogens (tertiary/aromatic N) is 4. The summed E-state index contributed by atoms with van der Waals surface area (Å²) in [5.41, 5.74) is 0.980. The average molecular weight is 585 g/mol. The number of carboxylic acid groups (broad SMARTS) is 1. The molecule has 2 saturated heterocycles. The first-order chi connectivity index (χ1) is 20.0. The Morgan fingerprint density at radius 3 is 2.45 bits per heavy atom. The lowest BCUT2D eigenvalue weighted by molar-refractivity contribution is -0.274. The molecule has 12 heteroatoms. The quantitative estimate of drug-likeness (QED) is 0.403. The van der Waals surface area contributed by atoms with Gasteiger partial charge in [-0.05, 0) is 67.2 Å². The Labute approximate surface area is 240 Å². The number of carbonyl (C=O) groups excluding carboxylic acids is 2. The van der Waals surface area contributed by atoms with Crippen molar-refractivity contribution in [2.45, 2.75) is 56.6 Å². The van der Waals surface area contributed by atoms with E-state index in [1.54, 1.807) is 23.2 Å². The number of urea groups is 1. The Kier molecular flexibility index (Phi) is 8.24. The summed E-state index contributed by atoms with van der Waals surface area (Å²) < 4.78 is 41.8. The first-order valence-electron chi connectivity index (χ1n) is 13.8. The van der Waals surface area contributed by atoms with E-state index in [1.807, 2.05) is 24.3 Å². The van der Waals surface area contributed by atoms with Crippen LogP contribution in [-0.4, -0.2) is 76.6 Å². The number of imide groups is 1. The van der Waals surface area contributed by atoms with Gasteiger partial charge in [0.05, 0.1) is 12.5 Å². The van der Waals surface area contributed by atoms with Gasteiger partial charge in [0.1, 0.15) is 11.3 Å². The molecular weight excluding hydrogens is 553 g/mol. The molecule has 0 radical (unpaired) electrons. The number of piperidine rings is 1. The van der Waals surface area contributed by atoms with Crippen LogP contribution in [0.5, 0.6) is 5.75 Å². The van der Waals surface area contributed by atoms with E-state index in [4.69, 9.17) is 5.11 Å². The van der Waals surface area contributed by atoms with E-state index in [1.165, 1.54) is 29.2 Å². The molecule has 1 unspecified atom stereocenters. The van der Waals surface area contributed by atoms with Gasteiger partial charge >= 0.3 is 18.4 Å². The van der Waals surface area contributed by atoms with Crippen LogP contribution in [0.3, 0.4) is 0 Å². The number of alkyl halides is 3. The van der Waals surface area contributed by atoms with Crippen LogP contribution in [0.1, 0.15) is 36.8 Å². The first-order valence-corrected chi connectivity index (χ1v) is 13.8. The van der Waals surface area contributed by atoms with Crippen molar-refractivity contribution in [3.63, 3.8) is 0 Å². The Hall–Kier alpha value is -4.35. The van der Waals surface area contributed by atoms with Gasteiger partial charge in [0, 0.05) is 38.1 Å². The minimum Gasteiger partial charge on any atom is -0.481 e. The molecule has 2 aromatic rings. The summed E-state index contributed by atoms with van der Waals surface area (Å²) in [6.07, 6.45) is 2.62. The summed E-state index contributed by atoms with van der Waals surface area (Å²) in [6, 6.07) is 12.2. The number of aliphatic imine (C=N–C) groups is 1. The first kappa shape index (κ1) is 29.2. The topological polar surface area (TPSA) is 103 Å². The number of hydrogen-bond acceptors (Lipinski definition) is 6. The monoisotopic (exact) mass is 584 g/mol. The standard InChI is InChI=1S/C30H31F3N4O5/c31-30(32,33)42-25-10-8-21(9-11-25)20-37-28(41)36(15-3-6-23-5-2-14-34-23)27(40)29(37)12-16-35(17-13-29)24-7-1-4-22(18-24)19-26(38)39/h1-2,4-5,7-11,14,18,23H,3,6,12-13,15-17,19-20H2,(H,38,39). The highest BCUT2D eigenvalue weighted by Gasteiger charge is 2.57. The van der Waals surface area contributed by atoms with Gasteiger partial charge in [0.15, 0.2) is 0 Å². The number of hydrogen-bond donors (Lipinski definition) is 1. The lowest BCUT2D eigenvalue weighted by Gasteiger charge is -2.43. The minimum atomic E-state index is -4.82. The van der Waals surface area contributed by atoms with Gasteiger partial charge in [-0.25, -0.2) is 4.79 Å². The highest BCUT2D eigenvalue weighted by Crippen LogP contribution is 2.40. The van der Waals surface area contributed by atoms with Crippen molar-refractivity contribution >= 4 is 29.8 Å². The Balaban J connectivity index is 1.34. The van der Waals surface area contributed by atoms with E-state index in [9.17, 15) is 27.6 Å². The zero-order chi connectivity index (χ0) is 29.9. The summed E-state index contributed by atoms with van der Waals surface area (Å²) in [4.78, 5) is 48.1. The molecule has 9 nitrogen and oxygen atoms in total. The number of amides is 3. The molecule has 222 valence electrons. The molecule has 2 fully saturated rings. The van der Waals surface area contributed by atoms with Crippen LogP contribution < -0.4 is 9.64 Å². The van der Waals surface area contributed by atoms with Crippen LogP contribution in [0, 0.1) is 0 Å². The van der Waals surface area contributed by atoms with Crippen molar-refractivity contribution in [1.82, 2.24) is 9.80 Å². The third-order valence-corrected chi connectivity index (χ3v) is 7.92. The van der Waals surface area contributed by atoms with Gasteiger partial charge in [-0.2, -0.15) is 0 Å². The number of anilines is 1. The Bertz CT molecular complexity index is 1370. The summed E-state index contributed by atoms with van der Waals surface area (Å²) >= 11 is 0. The lowest BCUT2D eigenvalue weighted by Crippen LogP contribution is -2.56. The second-order valence-corrected chi connectivity index (χ2v) is 10.7. The summed E-state index contributed by atoms with van der Waals surface area (Å²) in [6.45, 7) is 1.21. The highest BCUT2D eigenvalue weighted by atomic mass is 19.4. The van der Waals surface area contributed by atoms with Crippen LogP contribution >= 0.6 is 0 Å². The highest BCUT2D eigenvalue weighted by molar-refractivity contribution is 6.07. The summed E-state index contributed by atoms with van der Waals surface area (Å²) in [5, 5.41) is 9.16. The van der Waals surface area contributed by atoms with Crippen molar-refractivity contribution in [3.8, 4) is 5.75 Å². The Morgan fingerprint density at radius 2 is 1.81 bits per heavy atom. The maximum absolute atomic E-state index is 13.9.